The Bertz CT molecular complexity index is 296. The lowest BCUT2D eigenvalue weighted by atomic mass is 10.1. The van der Waals surface area contributed by atoms with Gasteiger partial charge in [-0.25, -0.2) is 4.79 Å². The summed E-state index contributed by atoms with van der Waals surface area (Å²) in [5, 5.41) is 8.81. The molecule has 1 N–H and O–H groups in total. The maximum absolute atomic E-state index is 10.7. The molecule has 0 amide bonds. The molecule has 86 valence electrons. The Labute approximate surface area is 88.6 Å². The van der Waals surface area contributed by atoms with E-state index in [4.69, 9.17) is 19.3 Å². The Morgan fingerprint density at radius 1 is 1.53 bits per heavy atom. The molecular formula is C10H16O5. The number of aliphatic carboxylic acids is 1. The van der Waals surface area contributed by atoms with E-state index < -0.39 is 11.9 Å². The average molecular weight is 216 g/mol. The third-order valence-corrected chi connectivity index (χ3v) is 2.62. The smallest absolute Gasteiger partial charge is 0.331 e. The van der Waals surface area contributed by atoms with Crippen molar-refractivity contribution in [2.24, 2.45) is 0 Å². The molecule has 0 aromatic carbocycles. The van der Waals surface area contributed by atoms with Gasteiger partial charge in [-0.2, -0.15) is 0 Å². The van der Waals surface area contributed by atoms with Gasteiger partial charge in [-0.15, -0.1) is 0 Å². The van der Waals surface area contributed by atoms with Crippen LogP contribution in [0.25, 0.3) is 0 Å². The van der Waals surface area contributed by atoms with E-state index >= 15 is 0 Å². The maximum atomic E-state index is 10.7. The van der Waals surface area contributed by atoms with Crippen LogP contribution in [-0.4, -0.2) is 36.9 Å². The van der Waals surface area contributed by atoms with Crippen molar-refractivity contribution in [1.29, 1.82) is 0 Å². The van der Waals surface area contributed by atoms with Crippen molar-refractivity contribution in [2.75, 3.05) is 13.7 Å². The molecular weight excluding hydrogens is 200 g/mol. The first-order valence-electron chi connectivity index (χ1n) is 4.67. The van der Waals surface area contributed by atoms with Crippen LogP contribution in [0.2, 0.25) is 0 Å². The molecule has 0 spiro atoms. The lowest BCUT2D eigenvalue weighted by molar-refractivity contribution is -0.311. The lowest BCUT2D eigenvalue weighted by Gasteiger charge is -2.21. The molecule has 2 atom stereocenters. The molecule has 1 fully saturated rings. The highest BCUT2D eigenvalue weighted by atomic mass is 16.9. The number of rotatable bonds is 3. The van der Waals surface area contributed by atoms with E-state index in [1.165, 1.54) is 7.11 Å². The van der Waals surface area contributed by atoms with Crippen molar-refractivity contribution in [1.82, 2.24) is 0 Å². The first-order valence-corrected chi connectivity index (χ1v) is 4.67. The van der Waals surface area contributed by atoms with Crippen LogP contribution in [-0.2, 0) is 19.0 Å². The van der Waals surface area contributed by atoms with E-state index in [0.717, 1.165) is 0 Å². The minimum absolute atomic E-state index is 0.281. The molecule has 1 aliphatic rings. The third kappa shape index (κ3) is 2.56. The monoisotopic (exact) mass is 216 g/mol. The Morgan fingerprint density at radius 2 is 2.13 bits per heavy atom. The molecule has 1 rings (SSSR count). The van der Waals surface area contributed by atoms with Crippen molar-refractivity contribution < 1.29 is 24.1 Å². The van der Waals surface area contributed by atoms with E-state index in [1.807, 2.05) is 0 Å². The van der Waals surface area contributed by atoms with Crippen LogP contribution in [0.4, 0.5) is 0 Å². The molecule has 15 heavy (non-hydrogen) atoms. The second-order valence-electron chi connectivity index (χ2n) is 3.60. The number of ether oxygens (including phenoxy) is 3. The number of methoxy groups -OCH3 is 1. The highest BCUT2D eigenvalue weighted by Crippen LogP contribution is 2.28. The highest BCUT2D eigenvalue weighted by Gasteiger charge is 2.38. The van der Waals surface area contributed by atoms with Crippen LogP contribution in [0.1, 0.15) is 20.8 Å². The van der Waals surface area contributed by atoms with E-state index in [9.17, 15) is 4.79 Å². The summed E-state index contributed by atoms with van der Waals surface area (Å²) >= 11 is 0. The van der Waals surface area contributed by atoms with Gasteiger partial charge in [-0.3, -0.25) is 0 Å². The predicted octanol–water partition coefficient (Wildman–Crippen LogP) is 1.14. The van der Waals surface area contributed by atoms with E-state index in [2.05, 4.69) is 0 Å². The zero-order valence-corrected chi connectivity index (χ0v) is 9.36. The fourth-order valence-corrected chi connectivity index (χ4v) is 1.28. The minimum Gasteiger partial charge on any atom is -0.478 e. The summed E-state index contributed by atoms with van der Waals surface area (Å²) in [4.78, 5) is 10.7. The Morgan fingerprint density at radius 3 is 2.53 bits per heavy atom. The van der Waals surface area contributed by atoms with Gasteiger partial charge >= 0.3 is 5.97 Å². The lowest BCUT2D eigenvalue weighted by Crippen LogP contribution is -2.29. The van der Waals surface area contributed by atoms with E-state index in [0.29, 0.717) is 12.2 Å². The van der Waals surface area contributed by atoms with Gasteiger partial charge in [0.05, 0.1) is 6.61 Å². The summed E-state index contributed by atoms with van der Waals surface area (Å²) in [5.41, 5.74) is 0.937. The molecule has 1 aliphatic heterocycles. The number of hydrogen-bond acceptors (Lipinski definition) is 4. The van der Waals surface area contributed by atoms with Crippen molar-refractivity contribution in [2.45, 2.75) is 32.8 Å². The molecule has 1 heterocycles. The highest BCUT2D eigenvalue weighted by molar-refractivity contribution is 5.86. The van der Waals surface area contributed by atoms with Gasteiger partial charge in [0.1, 0.15) is 6.10 Å². The zero-order chi connectivity index (χ0) is 11.6. The summed E-state index contributed by atoms with van der Waals surface area (Å²) in [6.45, 7) is 5.22. The molecule has 0 saturated carbocycles. The van der Waals surface area contributed by atoms with Crippen molar-refractivity contribution in [3.63, 3.8) is 0 Å². The van der Waals surface area contributed by atoms with Gasteiger partial charge in [0.25, 0.3) is 5.97 Å². The van der Waals surface area contributed by atoms with E-state index in [1.54, 1.807) is 20.8 Å². The molecule has 5 heteroatoms. The second kappa shape index (κ2) is 4.30. The predicted molar refractivity (Wildman–Crippen MR) is 52.2 cm³/mol. The standard InChI is InChI=1S/C10H16O5/c1-6(7(2)9(11)12)8-5-14-10(3,13-4)15-8/h8H,5H2,1-4H3,(H,11,12)/b7-6-. The van der Waals surface area contributed by atoms with Crippen LogP contribution >= 0.6 is 0 Å². The zero-order valence-electron chi connectivity index (χ0n) is 9.36. The topological polar surface area (TPSA) is 65.0 Å². The van der Waals surface area contributed by atoms with Gasteiger partial charge < -0.3 is 19.3 Å². The van der Waals surface area contributed by atoms with Gasteiger partial charge in [-0.1, -0.05) is 0 Å². The number of carboxylic acid groups (broad SMARTS) is 1. The largest absolute Gasteiger partial charge is 0.478 e. The Kier molecular flexibility index (Phi) is 3.49. The normalized spacial score (nSPS) is 32.7. The summed E-state index contributed by atoms with van der Waals surface area (Å²) in [6, 6.07) is 0. The van der Waals surface area contributed by atoms with Gasteiger partial charge in [0.2, 0.25) is 0 Å². The van der Waals surface area contributed by atoms with Gasteiger partial charge in [0.15, 0.2) is 0 Å². The Hall–Kier alpha value is -0.910. The fraction of sp³-hybridized carbons (Fsp3) is 0.700. The van der Waals surface area contributed by atoms with Crippen LogP contribution < -0.4 is 0 Å². The summed E-state index contributed by atoms with van der Waals surface area (Å²) in [6.07, 6.45) is -0.356. The summed E-state index contributed by atoms with van der Waals surface area (Å²) in [5.74, 6) is -2.01. The van der Waals surface area contributed by atoms with E-state index in [-0.39, 0.29) is 11.7 Å². The Balaban J connectivity index is 2.77. The SMILES string of the molecule is COC1(C)OCC(/C(C)=C(/C)C(=O)O)O1. The second-order valence-corrected chi connectivity index (χ2v) is 3.60. The number of carboxylic acids is 1. The summed E-state index contributed by atoms with van der Waals surface area (Å²) < 4.78 is 15.8. The van der Waals surface area contributed by atoms with Crippen LogP contribution in [0, 0.1) is 0 Å². The summed E-state index contributed by atoms with van der Waals surface area (Å²) in [7, 11) is 1.48. The van der Waals surface area contributed by atoms with Gasteiger partial charge in [0, 0.05) is 19.6 Å². The maximum Gasteiger partial charge on any atom is 0.331 e. The first kappa shape index (κ1) is 12.2. The number of carbonyl (C=O) groups is 1. The molecule has 0 aromatic rings. The number of hydrogen-bond donors (Lipinski definition) is 1. The molecule has 5 nitrogen and oxygen atoms in total. The average Bonchev–Trinajstić information content (AvgIpc) is 2.59. The molecule has 1 saturated heterocycles. The third-order valence-electron chi connectivity index (χ3n) is 2.62. The molecule has 0 radical (unpaired) electrons. The van der Waals surface area contributed by atoms with Crippen LogP contribution in [0.15, 0.2) is 11.1 Å². The van der Waals surface area contributed by atoms with Crippen LogP contribution in [0.3, 0.4) is 0 Å². The van der Waals surface area contributed by atoms with Crippen LogP contribution in [0.5, 0.6) is 0 Å². The molecule has 0 aliphatic carbocycles. The fourth-order valence-electron chi connectivity index (χ4n) is 1.28. The van der Waals surface area contributed by atoms with Gasteiger partial charge in [-0.05, 0) is 19.4 Å². The molecule has 2 unspecified atom stereocenters. The minimum atomic E-state index is -1.06. The molecule has 0 aromatic heterocycles. The van der Waals surface area contributed by atoms with Crippen molar-refractivity contribution in [3.05, 3.63) is 11.1 Å². The van der Waals surface area contributed by atoms with Crippen molar-refractivity contribution in [3.8, 4) is 0 Å². The quantitative estimate of drug-likeness (QED) is 0.717. The first-order chi connectivity index (χ1) is 6.89. The van der Waals surface area contributed by atoms with Crippen molar-refractivity contribution >= 4 is 5.97 Å². The molecule has 0 bridgehead atoms.